The summed E-state index contributed by atoms with van der Waals surface area (Å²) in [5.74, 6) is 0.447. The van der Waals surface area contributed by atoms with Crippen LogP contribution in [0.3, 0.4) is 0 Å². The van der Waals surface area contributed by atoms with Gasteiger partial charge in [-0.1, -0.05) is 42.4 Å². The molecular formula is C15H29NO4S2. The van der Waals surface area contributed by atoms with Crippen LogP contribution in [0.15, 0.2) is 0 Å². The van der Waals surface area contributed by atoms with E-state index in [0.717, 1.165) is 5.75 Å². The van der Waals surface area contributed by atoms with E-state index in [1.54, 1.807) is 26.5 Å². The van der Waals surface area contributed by atoms with Gasteiger partial charge in [-0.05, 0) is 20.8 Å². The van der Waals surface area contributed by atoms with E-state index >= 15 is 0 Å². The SMILES string of the molecule is CC(=O)OCCN(CCSSC(C)(C)C)C(=O)OC(C)(C)C. The molecule has 0 aliphatic heterocycles. The van der Waals surface area contributed by atoms with E-state index in [9.17, 15) is 9.59 Å². The maximum absolute atomic E-state index is 12.2. The second-order valence-corrected chi connectivity index (χ2v) is 10.1. The van der Waals surface area contributed by atoms with Crippen molar-refractivity contribution >= 4 is 33.7 Å². The minimum Gasteiger partial charge on any atom is -0.464 e. The van der Waals surface area contributed by atoms with E-state index < -0.39 is 5.60 Å². The molecule has 0 rings (SSSR count). The van der Waals surface area contributed by atoms with Crippen LogP contribution in [-0.4, -0.2) is 52.8 Å². The molecule has 0 aromatic heterocycles. The summed E-state index contributed by atoms with van der Waals surface area (Å²) in [6, 6.07) is 0. The van der Waals surface area contributed by atoms with Crippen LogP contribution in [0.2, 0.25) is 0 Å². The summed E-state index contributed by atoms with van der Waals surface area (Å²) in [6.45, 7) is 14.4. The van der Waals surface area contributed by atoms with E-state index in [-0.39, 0.29) is 23.4 Å². The molecule has 0 atom stereocenters. The average molecular weight is 352 g/mol. The van der Waals surface area contributed by atoms with Crippen LogP contribution in [0.1, 0.15) is 48.5 Å². The molecule has 0 radical (unpaired) electrons. The number of esters is 1. The largest absolute Gasteiger partial charge is 0.464 e. The van der Waals surface area contributed by atoms with E-state index in [4.69, 9.17) is 9.47 Å². The van der Waals surface area contributed by atoms with Gasteiger partial charge in [0, 0.05) is 24.0 Å². The Hall–Kier alpha value is -0.560. The van der Waals surface area contributed by atoms with Crippen molar-refractivity contribution in [3.8, 4) is 0 Å². The Bertz CT molecular complexity index is 362. The number of carbonyl (C=O) groups is 2. The van der Waals surface area contributed by atoms with Crippen molar-refractivity contribution in [2.75, 3.05) is 25.4 Å². The molecule has 130 valence electrons. The van der Waals surface area contributed by atoms with Gasteiger partial charge in [0.25, 0.3) is 0 Å². The average Bonchev–Trinajstić information content (AvgIpc) is 2.28. The summed E-state index contributed by atoms with van der Waals surface area (Å²) in [7, 11) is 3.50. The number of carbonyl (C=O) groups excluding carboxylic acids is 2. The molecular weight excluding hydrogens is 322 g/mol. The normalized spacial score (nSPS) is 12.0. The van der Waals surface area contributed by atoms with Crippen LogP contribution in [-0.2, 0) is 14.3 Å². The fourth-order valence-electron chi connectivity index (χ4n) is 1.29. The first kappa shape index (κ1) is 21.4. The summed E-state index contributed by atoms with van der Waals surface area (Å²) in [6.07, 6.45) is -0.374. The summed E-state index contributed by atoms with van der Waals surface area (Å²) in [4.78, 5) is 24.6. The second-order valence-electron chi connectivity index (χ2n) is 6.83. The van der Waals surface area contributed by atoms with E-state index in [0.29, 0.717) is 13.1 Å². The standard InChI is InChI=1S/C15H29NO4S2/c1-12(17)19-10-8-16(13(18)20-14(2,3)4)9-11-21-22-15(5,6)7/h8-11H2,1-7H3. The lowest BCUT2D eigenvalue weighted by molar-refractivity contribution is -0.141. The van der Waals surface area contributed by atoms with Crippen LogP contribution in [0, 0.1) is 0 Å². The molecule has 5 nitrogen and oxygen atoms in total. The number of ether oxygens (including phenoxy) is 2. The molecule has 0 N–H and O–H groups in total. The van der Waals surface area contributed by atoms with Crippen LogP contribution in [0.5, 0.6) is 0 Å². The molecule has 0 bridgehead atoms. The number of hydrogen-bond donors (Lipinski definition) is 0. The molecule has 22 heavy (non-hydrogen) atoms. The van der Waals surface area contributed by atoms with E-state index in [2.05, 4.69) is 20.8 Å². The zero-order valence-electron chi connectivity index (χ0n) is 14.7. The molecule has 0 aliphatic rings. The Balaban J connectivity index is 4.38. The molecule has 0 spiro atoms. The third-order valence-corrected chi connectivity index (χ3v) is 5.39. The Labute approximate surface area is 142 Å². The summed E-state index contributed by atoms with van der Waals surface area (Å²) in [5.41, 5.74) is -0.538. The predicted octanol–water partition coefficient (Wildman–Crippen LogP) is 3.97. The number of hydrogen-bond acceptors (Lipinski definition) is 6. The molecule has 0 saturated carbocycles. The van der Waals surface area contributed by atoms with Crippen molar-refractivity contribution in [1.82, 2.24) is 4.90 Å². The minimum atomic E-state index is -0.538. The monoisotopic (exact) mass is 351 g/mol. The van der Waals surface area contributed by atoms with Gasteiger partial charge in [-0.3, -0.25) is 4.79 Å². The van der Waals surface area contributed by atoms with Gasteiger partial charge in [0.05, 0.1) is 6.54 Å². The molecule has 1 amide bonds. The van der Waals surface area contributed by atoms with Gasteiger partial charge in [-0.15, -0.1) is 0 Å². The van der Waals surface area contributed by atoms with Gasteiger partial charge in [-0.2, -0.15) is 0 Å². The lowest BCUT2D eigenvalue weighted by Crippen LogP contribution is -2.40. The van der Waals surface area contributed by atoms with Crippen LogP contribution < -0.4 is 0 Å². The Morgan fingerprint density at radius 2 is 1.64 bits per heavy atom. The third-order valence-electron chi connectivity index (χ3n) is 2.07. The highest BCUT2D eigenvalue weighted by molar-refractivity contribution is 8.77. The van der Waals surface area contributed by atoms with Gasteiger partial charge >= 0.3 is 12.1 Å². The maximum Gasteiger partial charge on any atom is 0.410 e. The fraction of sp³-hybridized carbons (Fsp3) is 0.867. The Kier molecular flexibility index (Phi) is 9.31. The van der Waals surface area contributed by atoms with Crippen LogP contribution >= 0.6 is 21.6 Å². The highest BCUT2D eigenvalue weighted by Crippen LogP contribution is 2.34. The lowest BCUT2D eigenvalue weighted by atomic mass is 10.2. The van der Waals surface area contributed by atoms with Crippen molar-refractivity contribution in [3.63, 3.8) is 0 Å². The van der Waals surface area contributed by atoms with Gasteiger partial charge in [0.2, 0.25) is 0 Å². The van der Waals surface area contributed by atoms with Gasteiger partial charge < -0.3 is 14.4 Å². The van der Waals surface area contributed by atoms with Crippen molar-refractivity contribution in [2.45, 2.75) is 58.8 Å². The molecule has 0 saturated heterocycles. The fourth-order valence-corrected chi connectivity index (χ4v) is 3.55. The number of amides is 1. The van der Waals surface area contributed by atoms with Gasteiger partial charge in [0.1, 0.15) is 12.2 Å². The number of rotatable bonds is 7. The van der Waals surface area contributed by atoms with Gasteiger partial charge in [0.15, 0.2) is 0 Å². The molecule has 0 unspecified atom stereocenters. The zero-order chi connectivity index (χ0) is 17.4. The first-order valence-corrected chi connectivity index (χ1v) is 9.64. The second kappa shape index (κ2) is 9.55. The third kappa shape index (κ3) is 13.1. The van der Waals surface area contributed by atoms with Crippen molar-refractivity contribution in [3.05, 3.63) is 0 Å². The molecule has 0 fully saturated rings. The van der Waals surface area contributed by atoms with Gasteiger partial charge in [-0.25, -0.2) is 4.79 Å². The molecule has 0 aromatic carbocycles. The minimum absolute atomic E-state index is 0.180. The highest BCUT2D eigenvalue weighted by Gasteiger charge is 2.22. The van der Waals surface area contributed by atoms with Crippen LogP contribution in [0.4, 0.5) is 4.79 Å². The maximum atomic E-state index is 12.2. The quantitative estimate of drug-likeness (QED) is 0.393. The topological polar surface area (TPSA) is 55.8 Å². The molecule has 0 aliphatic carbocycles. The smallest absolute Gasteiger partial charge is 0.410 e. The summed E-state index contributed by atoms with van der Waals surface area (Å²) < 4.78 is 10.5. The molecule has 0 heterocycles. The Morgan fingerprint density at radius 1 is 1.05 bits per heavy atom. The highest BCUT2D eigenvalue weighted by atomic mass is 33.1. The van der Waals surface area contributed by atoms with E-state index in [1.807, 2.05) is 20.8 Å². The number of nitrogens with zero attached hydrogens (tertiary/aromatic N) is 1. The van der Waals surface area contributed by atoms with Crippen molar-refractivity contribution in [2.24, 2.45) is 0 Å². The van der Waals surface area contributed by atoms with Crippen LogP contribution in [0.25, 0.3) is 0 Å². The predicted molar refractivity (Wildman–Crippen MR) is 94.2 cm³/mol. The Morgan fingerprint density at radius 3 is 2.09 bits per heavy atom. The van der Waals surface area contributed by atoms with Crippen molar-refractivity contribution in [1.29, 1.82) is 0 Å². The summed E-state index contributed by atoms with van der Waals surface area (Å²) >= 11 is 0. The molecule has 7 heteroatoms. The van der Waals surface area contributed by atoms with E-state index in [1.165, 1.54) is 6.92 Å². The molecule has 0 aromatic rings. The first-order chi connectivity index (χ1) is 9.91. The zero-order valence-corrected chi connectivity index (χ0v) is 16.4. The van der Waals surface area contributed by atoms with Crippen molar-refractivity contribution < 1.29 is 19.1 Å². The lowest BCUT2D eigenvalue weighted by Gasteiger charge is -2.27. The first-order valence-electron chi connectivity index (χ1n) is 7.32. The summed E-state index contributed by atoms with van der Waals surface area (Å²) in [5, 5.41) is 0.